The van der Waals surface area contributed by atoms with Crippen molar-refractivity contribution in [2.45, 2.75) is 58.5 Å². The number of carbonyl (C=O) groups is 1. The Bertz CT molecular complexity index is 728. The van der Waals surface area contributed by atoms with Gasteiger partial charge in [0.05, 0.1) is 6.61 Å². The molecular weight excluding hydrogens is 326 g/mol. The molecule has 0 fully saturated rings. The number of amides is 1. The molecular formula is C22H31NO3. The predicted molar refractivity (Wildman–Crippen MR) is 108 cm³/mol. The maximum atomic E-state index is 12.9. The molecule has 0 bridgehead atoms. The lowest BCUT2D eigenvalue weighted by molar-refractivity contribution is -0.136. The Kier molecular flexibility index (Phi) is 7.46. The predicted octanol–water partition coefficient (Wildman–Crippen LogP) is 5.55. The van der Waals surface area contributed by atoms with Crippen LogP contribution in [0.5, 0.6) is 5.75 Å². The molecule has 1 atom stereocenters. The first kappa shape index (κ1) is 20.2. The van der Waals surface area contributed by atoms with Crippen molar-refractivity contribution in [3.63, 3.8) is 0 Å². The molecule has 0 unspecified atom stereocenters. The Morgan fingerprint density at radius 2 is 1.77 bits per heavy atom. The van der Waals surface area contributed by atoms with Crippen LogP contribution in [0, 0.1) is 0 Å². The van der Waals surface area contributed by atoms with E-state index in [2.05, 4.69) is 19.2 Å². The minimum Gasteiger partial charge on any atom is -0.493 e. The van der Waals surface area contributed by atoms with Crippen LogP contribution < -0.4 is 10.1 Å². The number of carbonyl (C=O) groups excluding carboxylic acids is 1. The Hall–Kier alpha value is -2.07. The van der Waals surface area contributed by atoms with E-state index in [1.165, 1.54) is 0 Å². The summed E-state index contributed by atoms with van der Waals surface area (Å²) >= 11 is 0. The van der Waals surface area contributed by atoms with Crippen LogP contribution in [0.3, 0.4) is 0 Å². The zero-order valence-electron chi connectivity index (χ0n) is 16.4. The first-order valence-electron chi connectivity index (χ1n) is 9.57. The second kappa shape index (κ2) is 9.58. The summed E-state index contributed by atoms with van der Waals surface area (Å²) in [6.07, 6.45) is 4.85. The van der Waals surface area contributed by atoms with Gasteiger partial charge in [0.1, 0.15) is 11.4 Å². The molecule has 0 heterocycles. The van der Waals surface area contributed by atoms with Crippen LogP contribution >= 0.6 is 0 Å². The molecule has 1 amide bonds. The summed E-state index contributed by atoms with van der Waals surface area (Å²) in [7, 11) is 1.60. The highest BCUT2D eigenvalue weighted by molar-refractivity contribution is 6.06. The van der Waals surface area contributed by atoms with E-state index in [0.717, 1.165) is 47.9 Å². The lowest BCUT2D eigenvalue weighted by Crippen LogP contribution is -2.42. The first-order chi connectivity index (χ1) is 12.6. The van der Waals surface area contributed by atoms with E-state index >= 15 is 0 Å². The molecule has 0 aliphatic carbocycles. The monoisotopic (exact) mass is 357 g/mol. The average Bonchev–Trinajstić information content (AvgIpc) is 2.67. The van der Waals surface area contributed by atoms with Gasteiger partial charge in [0.25, 0.3) is 5.91 Å². The van der Waals surface area contributed by atoms with Gasteiger partial charge in [-0.15, -0.1) is 0 Å². The molecule has 4 nitrogen and oxygen atoms in total. The average molecular weight is 357 g/mol. The van der Waals surface area contributed by atoms with E-state index in [1.807, 2.05) is 43.3 Å². The third kappa shape index (κ3) is 4.76. The number of nitrogens with one attached hydrogen (secondary N) is 1. The number of fused-ring (bicyclic) bond motifs is 1. The fraction of sp³-hybridized carbons (Fsp3) is 0.500. The molecule has 142 valence electrons. The van der Waals surface area contributed by atoms with E-state index in [9.17, 15) is 4.79 Å². The molecule has 2 aromatic rings. The van der Waals surface area contributed by atoms with Gasteiger partial charge in [-0.3, -0.25) is 4.79 Å². The third-order valence-electron chi connectivity index (χ3n) is 4.78. The number of ether oxygens (including phenoxy) is 2. The lowest BCUT2D eigenvalue weighted by Gasteiger charge is -2.27. The highest BCUT2D eigenvalue weighted by atomic mass is 16.5. The van der Waals surface area contributed by atoms with Gasteiger partial charge < -0.3 is 14.8 Å². The largest absolute Gasteiger partial charge is 0.493 e. The summed E-state index contributed by atoms with van der Waals surface area (Å²) in [6, 6.07) is 11.8. The van der Waals surface area contributed by atoms with E-state index in [1.54, 1.807) is 7.11 Å². The van der Waals surface area contributed by atoms with Gasteiger partial charge in [-0.05, 0) is 31.9 Å². The van der Waals surface area contributed by atoms with Crippen molar-refractivity contribution >= 4 is 22.4 Å². The summed E-state index contributed by atoms with van der Waals surface area (Å²) in [5.41, 5.74) is -0.0404. The number of rotatable bonds is 10. The van der Waals surface area contributed by atoms with Gasteiger partial charge in [-0.1, -0.05) is 57.4 Å². The van der Waals surface area contributed by atoms with Crippen molar-refractivity contribution in [1.82, 2.24) is 0 Å². The number of hydrogen-bond acceptors (Lipinski definition) is 3. The summed E-state index contributed by atoms with van der Waals surface area (Å²) in [6.45, 7) is 6.77. The summed E-state index contributed by atoms with van der Waals surface area (Å²) in [5, 5.41) is 5.04. The number of benzene rings is 2. The fourth-order valence-electron chi connectivity index (χ4n) is 2.99. The minimum atomic E-state index is -0.826. The van der Waals surface area contributed by atoms with Crippen LogP contribution in [0.1, 0.15) is 52.9 Å². The van der Waals surface area contributed by atoms with Gasteiger partial charge in [0.15, 0.2) is 0 Å². The molecule has 0 saturated heterocycles. The van der Waals surface area contributed by atoms with E-state index in [4.69, 9.17) is 9.47 Å². The molecule has 0 aromatic heterocycles. The van der Waals surface area contributed by atoms with Crippen molar-refractivity contribution in [2.24, 2.45) is 0 Å². The molecule has 0 aliphatic rings. The molecule has 1 N–H and O–H groups in total. The van der Waals surface area contributed by atoms with Crippen LogP contribution in [0.25, 0.3) is 10.8 Å². The number of methoxy groups -OCH3 is 1. The summed E-state index contributed by atoms with van der Waals surface area (Å²) in [5.74, 6) is 0.737. The fourth-order valence-corrected chi connectivity index (χ4v) is 2.99. The second-order valence-electron chi connectivity index (χ2n) is 6.85. The standard InChI is InChI=1S/C22H31NO3/c1-5-7-10-15-22(3,25-4)21(24)23-19-13-14-20(26-16-6-2)18-12-9-8-11-17(18)19/h8-9,11-14H,5-7,10,15-16H2,1-4H3,(H,23,24)/t22-/m0/s1. The Morgan fingerprint density at radius 3 is 2.42 bits per heavy atom. The van der Waals surface area contributed by atoms with Crippen molar-refractivity contribution in [3.8, 4) is 5.75 Å². The van der Waals surface area contributed by atoms with Crippen LogP contribution in [0.4, 0.5) is 5.69 Å². The molecule has 0 radical (unpaired) electrons. The maximum absolute atomic E-state index is 12.9. The molecule has 4 heteroatoms. The van der Waals surface area contributed by atoms with Crippen molar-refractivity contribution in [1.29, 1.82) is 0 Å². The van der Waals surface area contributed by atoms with Crippen LogP contribution in [-0.2, 0) is 9.53 Å². The Labute approximate surface area is 156 Å². The first-order valence-corrected chi connectivity index (χ1v) is 9.57. The van der Waals surface area contributed by atoms with Crippen molar-refractivity contribution in [3.05, 3.63) is 36.4 Å². The van der Waals surface area contributed by atoms with E-state index in [0.29, 0.717) is 13.0 Å². The molecule has 26 heavy (non-hydrogen) atoms. The van der Waals surface area contributed by atoms with Crippen LogP contribution in [-0.4, -0.2) is 25.2 Å². The zero-order chi connectivity index (χ0) is 19.0. The van der Waals surface area contributed by atoms with Gasteiger partial charge in [-0.2, -0.15) is 0 Å². The minimum absolute atomic E-state index is 0.108. The topological polar surface area (TPSA) is 47.6 Å². The quantitative estimate of drug-likeness (QED) is 0.567. The number of hydrogen-bond donors (Lipinski definition) is 1. The second-order valence-corrected chi connectivity index (χ2v) is 6.85. The molecule has 2 rings (SSSR count). The normalized spacial score (nSPS) is 13.4. The smallest absolute Gasteiger partial charge is 0.256 e. The van der Waals surface area contributed by atoms with Gasteiger partial charge in [0.2, 0.25) is 0 Å². The Morgan fingerprint density at radius 1 is 1.04 bits per heavy atom. The molecule has 0 saturated carbocycles. The molecule has 0 aliphatic heterocycles. The van der Waals surface area contributed by atoms with E-state index < -0.39 is 5.60 Å². The molecule has 0 spiro atoms. The van der Waals surface area contributed by atoms with Crippen molar-refractivity contribution in [2.75, 3.05) is 19.0 Å². The van der Waals surface area contributed by atoms with Crippen LogP contribution in [0.15, 0.2) is 36.4 Å². The highest BCUT2D eigenvalue weighted by Gasteiger charge is 2.32. The number of anilines is 1. The SMILES string of the molecule is CCCCC[C@](C)(OC)C(=O)Nc1ccc(OCCC)c2ccccc12. The maximum Gasteiger partial charge on any atom is 0.256 e. The van der Waals surface area contributed by atoms with Gasteiger partial charge in [-0.25, -0.2) is 0 Å². The number of unbranched alkanes of at least 4 members (excludes halogenated alkanes) is 2. The summed E-state index contributed by atoms with van der Waals surface area (Å²) in [4.78, 5) is 12.9. The summed E-state index contributed by atoms with van der Waals surface area (Å²) < 4.78 is 11.4. The molecule has 2 aromatic carbocycles. The van der Waals surface area contributed by atoms with E-state index in [-0.39, 0.29) is 5.91 Å². The van der Waals surface area contributed by atoms with Gasteiger partial charge in [0, 0.05) is 23.6 Å². The third-order valence-corrected chi connectivity index (χ3v) is 4.78. The Balaban J connectivity index is 2.25. The van der Waals surface area contributed by atoms with Crippen molar-refractivity contribution < 1.29 is 14.3 Å². The highest BCUT2D eigenvalue weighted by Crippen LogP contribution is 2.32. The van der Waals surface area contributed by atoms with Gasteiger partial charge >= 0.3 is 0 Å². The zero-order valence-corrected chi connectivity index (χ0v) is 16.4. The lowest BCUT2D eigenvalue weighted by atomic mass is 9.96. The van der Waals surface area contributed by atoms with Crippen LogP contribution in [0.2, 0.25) is 0 Å².